The van der Waals surface area contributed by atoms with Crippen LogP contribution in [0.4, 0.5) is 0 Å². The fourth-order valence-corrected chi connectivity index (χ4v) is 3.56. The zero-order chi connectivity index (χ0) is 17.3. The van der Waals surface area contributed by atoms with E-state index >= 15 is 0 Å². The molecule has 0 aliphatic heterocycles. The van der Waals surface area contributed by atoms with E-state index in [4.69, 9.17) is 9.05 Å². The summed E-state index contributed by atoms with van der Waals surface area (Å²) < 4.78 is 22.7. The highest BCUT2D eigenvalue weighted by Crippen LogP contribution is 2.52. The summed E-state index contributed by atoms with van der Waals surface area (Å²) in [5.74, 6) is 0.269. The molecule has 126 valence electrons. The maximum absolute atomic E-state index is 12.5. The highest BCUT2D eigenvalue weighted by Gasteiger charge is 2.29. The van der Waals surface area contributed by atoms with E-state index in [1.54, 1.807) is 6.07 Å². The van der Waals surface area contributed by atoms with Gasteiger partial charge in [0.25, 0.3) is 0 Å². The van der Waals surface area contributed by atoms with Crippen LogP contribution < -0.4 is 0 Å². The Morgan fingerprint density at radius 2 is 1.41 bits per heavy atom. The summed E-state index contributed by atoms with van der Waals surface area (Å²) >= 11 is 0. The van der Waals surface area contributed by atoms with E-state index < -0.39 is 7.60 Å². The quantitative estimate of drug-likeness (QED) is 0.793. The van der Waals surface area contributed by atoms with Crippen LogP contribution in [0.15, 0.2) is 12.1 Å². The van der Waals surface area contributed by atoms with Gasteiger partial charge in [0, 0.05) is 14.2 Å². The van der Waals surface area contributed by atoms with Gasteiger partial charge in [-0.15, -0.1) is 0 Å². The van der Waals surface area contributed by atoms with Crippen LogP contribution in [0.25, 0.3) is 0 Å². The molecule has 0 aliphatic carbocycles. The highest BCUT2D eigenvalue weighted by molar-refractivity contribution is 7.52. The van der Waals surface area contributed by atoms with Crippen LogP contribution in [-0.4, -0.2) is 19.3 Å². The minimum absolute atomic E-state index is 0.185. The molecule has 22 heavy (non-hydrogen) atoms. The number of benzene rings is 1. The van der Waals surface area contributed by atoms with E-state index in [0.717, 1.165) is 16.7 Å². The summed E-state index contributed by atoms with van der Waals surface area (Å²) in [5.41, 5.74) is 2.28. The molecule has 0 amide bonds. The maximum atomic E-state index is 12.5. The van der Waals surface area contributed by atoms with Gasteiger partial charge in [-0.2, -0.15) is 0 Å². The number of rotatable bonds is 4. The zero-order valence-electron chi connectivity index (χ0n) is 15.0. The molecule has 0 heterocycles. The summed E-state index contributed by atoms with van der Waals surface area (Å²) in [6.07, 6.45) is 0.190. The molecular formula is C17H29O4P. The molecule has 0 aromatic heterocycles. The van der Waals surface area contributed by atoms with Gasteiger partial charge >= 0.3 is 7.60 Å². The first-order chi connectivity index (χ1) is 9.84. The van der Waals surface area contributed by atoms with E-state index in [2.05, 4.69) is 20.8 Å². The van der Waals surface area contributed by atoms with E-state index in [-0.39, 0.29) is 22.7 Å². The van der Waals surface area contributed by atoms with E-state index in [1.807, 2.05) is 26.8 Å². The van der Waals surface area contributed by atoms with E-state index in [9.17, 15) is 9.67 Å². The highest BCUT2D eigenvalue weighted by atomic mass is 31.2. The zero-order valence-corrected chi connectivity index (χ0v) is 15.9. The van der Waals surface area contributed by atoms with Gasteiger partial charge in [-0.1, -0.05) is 47.6 Å². The first kappa shape index (κ1) is 19.2. The second kappa shape index (κ2) is 6.35. The Labute approximate surface area is 134 Å². The number of hydrogen-bond donors (Lipinski definition) is 1. The van der Waals surface area contributed by atoms with Crippen LogP contribution in [0.2, 0.25) is 0 Å². The number of hydrogen-bond acceptors (Lipinski definition) is 4. The molecule has 0 spiro atoms. The van der Waals surface area contributed by atoms with Gasteiger partial charge in [-0.05, 0) is 33.6 Å². The van der Waals surface area contributed by atoms with Crippen LogP contribution >= 0.6 is 7.60 Å². The molecule has 0 saturated carbocycles. The lowest BCUT2D eigenvalue weighted by molar-refractivity contribution is 0.274. The predicted octanol–water partition coefficient (Wildman–Crippen LogP) is 4.97. The molecule has 4 nitrogen and oxygen atoms in total. The Morgan fingerprint density at radius 3 is 1.77 bits per heavy atom. The summed E-state index contributed by atoms with van der Waals surface area (Å²) in [7, 11) is -0.378. The molecule has 0 atom stereocenters. The van der Waals surface area contributed by atoms with Crippen molar-refractivity contribution in [2.45, 2.75) is 58.5 Å². The second-order valence-electron chi connectivity index (χ2n) is 7.66. The van der Waals surface area contributed by atoms with Crippen molar-refractivity contribution in [3.05, 3.63) is 28.8 Å². The van der Waals surface area contributed by atoms with E-state index in [0.29, 0.717) is 0 Å². The van der Waals surface area contributed by atoms with Crippen LogP contribution in [0.3, 0.4) is 0 Å². The SMILES string of the molecule is COP(=O)(Cc1cc(C(C)(C)C)c(O)cc1C(C)(C)C)OC. The molecule has 0 unspecified atom stereocenters. The normalized spacial score (nSPS) is 13.5. The summed E-state index contributed by atoms with van der Waals surface area (Å²) in [5, 5.41) is 10.4. The second-order valence-corrected chi connectivity index (χ2v) is 9.93. The van der Waals surface area contributed by atoms with Crippen molar-refractivity contribution in [1.29, 1.82) is 0 Å². The third-order valence-electron chi connectivity index (χ3n) is 3.76. The van der Waals surface area contributed by atoms with Crippen LogP contribution in [0, 0.1) is 0 Å². The lowest BCUT2D eigenvalue weighted by atomic mass is 9.79. The van der Waals surface area contributed by atoms with Gasteiger partial charge in [-0.3, -0.25) is 4.57 Å². The first-order valence-electron chi connectivity index (χ1n) is 7.41. The standard InChI is InChI=1S/C17H29O4P/c1-16(2,3)13-10-15(18)14(17(4,5)6)9-12(13)11-22(19,20-7)21-8/h9-10,18H,11H2,1-8H3. The average molecular weight is 328 g/mol. The van der Waals surface area contributed by atoms with Crippen molar-refractivity contribution in [3.63, 3.8) is 0 Å². The molecular weight excluding hydrogens is 299 g/mol. The molecule has 1 N–H and O–H groups in total. The van der Waals surface area contributed by atoms with Gasteiger partial charge in [-0.25, -0.2) is 0 Å². The Bertz CT molecular complexity index is 572. The molecule has 0 bridgehead atoms. The molecule has 0 aliphatic rings. The third-order valence-corrected chi connectivity index (χ3v) is 5.60. The molecule has 5 heteroatoms. The van der Waals surface area contributed by atoms with Gasteiger partial charge in [0.05, 0.1) is 6.16 Å². The number of aromatic hydroxyl groups is 1. The Hall–Kier alpha value is -0.830. The van der Waals surface area contributed by atoms with Gasteiger partial charge in [0.2, 0.25) is 0 Å². The third kappa shape index (κ3) is 4.34. The lowest BCUT2D eigenvalue weighted by Gasteiger charge is -2.28. The van der Waals surface area contributed by atoms with Crippen molar-refractivity contribution in [2.75, 3.05) is 14.2 Å². The maximum Gasteiger partial charge on any atom is 0.334 e. The lowest BCUT2D eigenvalue weighted by Crippen LogP contribution is -2.18. The summed E-state index contributed by atoms with van der Waals surface area (Å²) in [4.78, 5) is 0. The van der Waals surface area contributed by atoms with Gasteiger partial charge in [0.15, 0.2) is 0 Å². The Morgan fingerprint density at radius 1 is 0.955 bits per heavy atom. The summed E-state index contributed by atoms with van der Waals surface area (Å²) in [6.45, 7) is 12.3. The van der Waals surface area contributed by atoms with E-state index in [1.165, 1.54) is 14.2 Å². The van der Waals surface area contributed by atoms with Crippen molar-refractivity contribution in [1.82, 2.24) is 0 Å². The first-order valence-corrected chi connectivity index (χ1v) is 9.14. The minimum atomic E-state index is -3.17. The monoisotopic (exact) mass is 328 g/mol. The fraction of sp³-hybridized carbons (Fsp3) is 0.647. The van der Waals surface area contributed by atoms with Crippen molar-refractivity contribution < 1.29 is 18.7 Å². The summed E-state index contributed by atoms with van der Waals surface area (Å²) in [6, 6.07) is 3.71. The minimum Gasteiger partial charge on any atom is -0.508 e. The molecule has 0 radical (unpaired) electrons. The Balaban J connectivity index is 3.54. The Kier molecular flexibility index (Phi) is 5.55. The van der Waals surface area contributed by atoms with Crippen LogP contribution in [0.5, 0.6) is 5.75 Å². The molecule has 0 saturated heterocycles. The average Bonchev–Trinajstić information content (AvgIpc) is 2.37. The van der Waals surface area contributed by atoms with Crippen molar-refractivity contribution >= 4 is 7.60 Å². The fourth-order valence-electron chi connectivity index (χ4n) is 2.48. The predicted molar refractivity (Wildman–Crippen MR) is 90.8 cm³/mol. The largest absolute Gasteiger partial charge is 0.508 e. The molecule has 1 aromatic carbocycles. The smallest absolute Gasteiger partial charge is 0.334 e. The number of phenolic OH excluding ortho intramolecular Hbond substituents is 1. The number of phenols is 1. The van der Waals surface area contributed by atoms with Gasteiger partial charge in [0.1, 0.15) is 5.75 Å². The van der Waals surface area contributed by atoms with Crippen LogP contribution in [-0.2, 0) is 30.6 Å². The van der Waals surface area contributed by atoms with Crippen LogP contribution in [0.1, 0.15) is 58.2 Å². The van der Waals surface area contributed by atoms with Crippen molar-refractivity contribution in [3.8, 4) is 5.75 Å². The van der Waals surface area contributed by atoms with Crippen molar-refractivity contribution in [2.24, 2.45) is 0 Å². The topological polar surface area (TPSA) is 55.8 Å². The molecule has 1 aromatic rings. The molecule has 0 fully saturated rings. The molecule has 1 rings (SSSR count). The van der Waals surface area contributed by atoms with Gasteiger partial charge < -0.3 is 14.2 Å².